The van der Waals surface area contributed by atoms with Gasteiger partial charge in [-0.15, -0.1) is 0 Å². The molecule has 1 aromatic rings. The van der Waals surface area contributed by atoms with Crippen LogP contribution < -0.4 is 15.4 Å². The van der Waals surface area contributed by atoms with E-state index in [1.165, 1.54) is 0 Å². The Morgan fingerprint density at radius 3 is 2.36 bits per heavy atom. The molecule has 0 aromatic heterocycles. The maximum atomic E-state index is 12.0. The highest BCUT2D eigenvalue weighted by Gasteiger charge is 2.26. The summed E-state index contributed by atoms with van der Waals surface area (Å²) in [5, 5.41) is 5.75. The minimum Gasteiger partial charge on any atom is -0.473 e. The SMILES string of the molecule is CCc1ccccc1OCNC(=O)NC(C)(C)CC(C)(C)C. The predicted octanol–water partition coefficient (Wildman–Crippen LogP) is 4.10. The summed E-state index contributed by atoms with van der Waals surface area (Å²) in [5.74, 6) is 0.819. The molecule has 0 aliphatic carbocycles. The van der Waals surface area contributed by atoms with Crippen molar-refractivity contribution in [2.75, 3.05) is 6.73 Å². The number of aryl methyl sites for hydroxylation is 1. The monoisotopic (exact) mass is 306 g/mol. The van der Waals surface area contributed by atoms with Gasteiger partial charge in [0.2, 0.25) is 0 Å². The van der Waals surface area contributed by atoms with Crippen LogP contribution in [0.3, 0.4) is 0 Å². The van der Waals surface area contributed by atoms with Crippen LogP contribution >= 0.6 is 0 Å². The number of hydrogen-bond donors (Lipinski definition) is 2. The lowest BCUT2D eigenvalue weighted by atomic mass is 9.82. The van der Waals surface area contributed by atoms with Crippen molar-refractivity contribution in [2.24, 2.45) is 5.41 Å². The number of hydrogen-bond acceptors (Lipinski definition) is 2. The molecule has 0 fully saturated rings. The predicted molar refractivity (Wildman–Crippen MR) is 91.1 cm³/mol. The van der Waals surface area contributed by atoms with Gasteiger partial charge >= 0.3 is 6.03 Å². The molecule has 4 heteroatoms. The van der Waals surface area contributed by atoms with Crippen molar-refractivity contribution in [3.8, 4) is 5.75 Å². The molecule has 0 atom stereocenters. The van der Waals surface area contributed by atoms with E-state index in [0.717, 1.165) is 24.2 Å². The Kier molecular flexibility index (Phi) is 6.27. The van der Waals surface area contributed by atoms with E-state index in [1.54, 1.807) is 0 Å². The van der Waals surface area contributed by atoms with Crippen LogP contribution in [0, 0.1) is 5.41 Å². The molecule has 0 radical (unpaired) electrons. The van der Waals surface area contributed by atoms with Crippen molar-refractivity contribution in [3.63, 3.8) is 0 Å². The summed E-state index contributed by atoms with van der Waals surface area (Å²) in [7, 11) is 0. The number of carbonyl (C=O) groups excluding carboxylic acids is 1. The topological polar surface area (TPSA) is 50.4 Å². The molecule has 0 unspecified atom stereocenters. The van der Waals surface area contributed by atoms with Gasteiger partial charge in [-0.05, 0) is 43.7 Å². The molecule has 22 heavy (non-hydrogen) atoms. The van der Waals surface area contributed by atoms with Crippen LogP contribution in [-0.2, 0) is 6.42 Å². The fourth-order valence-electron chi connectivity index (χ4n) is 2.84. The largest absolute Gasteiger partial charge is 0.473 e. The highest BCUT2D eigenvalue weighted by molar-refractivity contribution is 5.74. The normalized spacial score (nSPS) is 11.9. The summed E-state index contributed by atoms with van der Waals surface area (Å²) >= 11 is 0. The van der Waals surface area contributed by atoms with Gasteiger partial charge in [0.1, 0.15) is 5.75 Å². The highest BCUT2D eigenvalue weighted by Crippen LogP contribution is 2.26. The molecule has 124 valence electrons. The van der Waals surface area contributed by atoms with Crippen LogP contribution in [0.25, 0.3) is 0 Å². The van der Waals surface area contributed by atoms with Gasteiger partial charge in [0, 0.05) is 5.54 Å². The average molecular weight is 306 g/mol. The number of para-hydroxylation sites is 1. The molecular weight excluding hydrogens is 276 g/mol. The van der Waals surface area contributed by atoms with Crippen molar-refractivity contribution in [1.82, 2.24) is 10.6 Å². The summed E-state index contributed by atoms with van der Waals surface area (Å²) in [6, 6.07) is 7.66. The first kappa shape index (κ1) is 18.3. The third kappa shape index (κ3) is 6.83. The van der Waals surface area contributed by atoms with Gasteiger partial charge in [-0.1, -0.05) is 45.9 Å². The van der Waals surface area contributed by atoms with E-state index in [0.29, 0.717) is 0 Å². The van der Waals surface area contributed by atoms with Gasteiger partial charge < -0.3 is 15.4 Å². The third-order valence-corrected chi connectivity index (χ3v) is 3.24. The van der Waals surface area contributed by atoms with E-state index in [4.69, 9.17) is 4.74 Å². The lowest BCUT2D eigenvalue weighted by molar-refractivity contribution is 0.199. The number of carbonyl (C=O) groups is 1. The molecule has 0 aliphatic rings. The van der Waals surface area contributed by atoms with Crippen molar-refractivity contribution in [1.29, 1.82) is 0 Å². The molecule has 2 N–H and O–H groups in total. The fourth-order valence-corrected chi connectivity index (χ4v) is 2.84. The number of nitrogens with one attached hydrogen (secondary N) is 2. The van der Waals surface area contributed by atoms with Crippen LogP contribution in [0.15, 0.2) is 24.3 Å². The van der Waals surface area contributed by atoms with Crippen LogP contribution in [-0.4, -0.2) is 18.3 Å². The van der Waals surface area contributed by atoms with Gasteiger partial charge in [0.15, 0.2) is 6.73 Å². The second-order valence-corrected chi connectivity index (χ2v) is 7.50. The highest BCUT2D eigenvalue weighted by atomic mass is 16.5. The van der Waals surface area contributed by atoms with E-state index in [9.17, 15) is 4.79 Å². The van der Waals surface area contributed by atoms with Gasteiger partial charge in [-0.25, -0.2) is 4.79 Å². The first-order valence-corrected chi connectivity index (χ1v) is 7.90. The van der Waals surface area contributed by atoms with Crippen LogP contribution in [0.1, 0.15) is 53.5 Å². The summed E-state index contributed by atoms with van der Waals surface area (Å²) < 4.78 is 5.64. The Morgan fingerprint density at radius 2 is 1.77 bits per heavy atom. The summed E-state index contributed by atoms with van der Waals surface area (Å²) in [5.41, 5.74) is 1.04. The Morgan fingerprint density at radius 1 is 1.14 bits per heavy atom. The Bertz CT molecular complexity index is 490. The van der Waals surface area contributed by atoms with Gasteiger partial charge in [-0.3, -0.25) is 0 Å². The minimum atomic E-state index is -0.260. The molecular formula is C18H30N2O2. The number of ether oxygens (including phenoxy) is 1. The fraction of sp³-hybridized carbons (Fsp3) is 0.611. The standard InChI is InChI=1S/C18H30N2O2/c1-7-14-10-8-9-11-15(14)22-13-19-16(21)20-18(5,6)12-17(2,3)4/h8-11H,7,12-13H2,1-6H3,(H2,19,20,21). The molecule has 1 rings (SSSR count). The first-order valence-electron chi connectivity index (χ1n) is 7.90. The first-order chi connectivity index (χ1) is 10.1. The summed E-state index contributed by atoms with van der Waals surface area (Å²) in [4.78, 5) is 12.0. The average Bonchev–Trinajstić information content (AvgIpc) is 2.35. The zero-order chi connectivity index (χ0) is 16.8. The quantitative estimate of drug-likeness (QED) is 0.777. The zero-order valence-corrected chi connectivity index (χ0v) is 14.7. The molecule has 0 aliphatic heterocycles. The Labute approximate surface area is 134 Å². The van der Waals surface area contributed by atoms with Crippen LogP contribution in [0.4, 0.5) is 4.79 Å². The number of urea groups is 1. The van der Waals surface area contributed by atoms with Crippen molar-refractivity contribution >= 4 is 6.03 Å². The van der Waals surface area contributed by atoms with Crippen molar-refractivity contribution < 1.29 is 9.53 Å². The van der Waals surface area contributed by atoms with Gasteiger partial charge in [0.25, 0.3) is 0 Å². The lowest BCUT2D eigenvalue weighted by Gasteiger charge is -2.33. The number of rotatable bonds is 6. The third-order valence-electron chi connectivity index (χ3n) is 3.24. The Hall–Kier alpha value is -1.71. The molecule has 0 saturated carbocycles. The maximum absolute atomic E-state index is 12.0. The zero-order valence-electron chi connectivity index (χ0n) is 14.7. The van der Waals surface area contributed by atoms with E-state index in [2.05, 4.69) is 38.3 Å². The lowest BCUT2D eigenvalue weighted by Crippen LogP contribution is -2.50. The van der Waals surface area contributed by atoms with Gasteiger partial charge in [0.05, 0.1) is 0 Å². The molecule has 0 bridgehead atoms. The van der Waals surface area contributed by atoms with Crippen molar-refractivity contribution in [3.05, 3.63) is 29.8 Å². The minimum absolute atomic E-state index is 0.160. The summed E-state index contributed by atoms with van der Waals surface area (Å²) in [6.07, 6.45) is 1.80. The van der Waals surface area contributed by atoms with E-state index < -0.39 is 0 Å². The maximum Gasteiger partial charge on any atom is 0.317 e. The molecule has 0 spiro atoms. The van der Waals surface area contributed by atoms with Crippen LogP contribution in [0.2, 0.25) is 0 Å². The number of benzene rings is 1. The Balaban J connectivity index is 2.43. The molecule has 2 amide bonds. The van der Waals surface area contributed by atoms with E-state index in [-0.39, 0.29) is 23.7 Å². The van der Waals surface area contributed by atoms with E-state index >= 15 is 0 Å². The molecule has 0 heterocycles. The van der Waals surface area contributed by atoms with Crippen molar-refractivity contribution in [2.45, 2.75) is 59.9 Å². The molecule has 1 aromatic carbocycles. The van der Waals surface area contributed by atoms with Crippen LogP contribution in [0.5, 0.6) is 5.75 Å². The number of amides is 2. The smallest absolute Gasteiger partial charge is 0.317 e. The van der Waals surface area contributed by atoms with E-state index in [1.807, 2.05) is 38.1 Å². The molecule has 0 saturated heterocycles. The molecule has 4 nitrogen and oxygen atoms in total. The van der Waals surface area contributed by atoms with Gasteiger partial charge in [-0.2, -0.15) is 0 Å². The summed E-state index contributed by atoms with van der Waals surface area (Å²) in [6.45, 7) is 12.8. The second kappa shape index (κ2) is 7.52. The second-order valence-electron chi connectivity index (χ2n) is 7.50.